The van der Waals surface area contributed by atoms with E-state index in [0.717, 1.165) is 12.0 Å². The predicted molar refractivity (Wildman–Crippen MR) is 81.0 cm³/mol. The second-order valence-electron chi connectivity index (χ2n) is 7.39. The molecule has 0 aromatic heterocycles. The first kappa shape index (κ1) is 16.0. The van der Waals surface area contributed by atoms with E-state index < -0.39 is 0 Å². The molecule has 1 saturated heterocycles. The normalized spacial score (nSPS) is 29.0. The Morgan fingerprint density at radius 1 is 1.33 bits per heavy atom. The van der Waals surface area contributed by atoms with Gasteiger partial charge in [0.25, 0.3) is 0 Å². The highest BCUT2D eigenvalue weighted by atomic mass is 15.2. The molecule has 0 bridgehead atoms. The molecule has 0 spiro atoms. The number of hydrogen-bond donors (Lipinski definition) is 1. The molecule has 0 aliphatic carbocycles. The Labute approximate surface area is 115 Å². The van der Waals surface area contributed by atoms with Crippen molar-refractivity contribution in [2.45, 2.75) is 72.9 Å². The van der Waals surface area contributed by atoms with Gasteiger partial charge in [-0.3, -0.25) is 4.90 Å². The summed E-state index contributed by atoms with van der Waals surface area (Å²) in [6, 6.07) is 1.41. The maximum Gasteiger partial charge on any atom is 0.0220 e. The topological polar surface area (TPSA) is 15.3 Å². The highest BCUT2D eigenvalue weighted by Gasteiger charge is 2.26. The van der Waals surface area contributed by atoms with Gasteiger partial charge < -0.3 is 5.32 Å². The van der Waals surface area contributed by atoms with Crippen LogP contribution in [0.3, 0.4) is 0 Å². The van der Waals surface area contributed by atoms with Crippen LogP contribution in [0.15, 0.2) is 0 Å². The lowest BCUT2D eigenvalue weighted by Gasteiger charge is -2.33. The summed E-state index contributed by atoms with van der Waals surface area (Å²) in [4.78, 5) is 2.71. The summed E-state index contributed by atoms with van der Waals surface area (Å²) in [6.07, 6.45) is 3.86. The van der Waals surface area contributed by atoms with Gasteiger partial charge in [0.1, 0.15) is 0 Å². The van der Waals surface area contributed by atoms with Crippen molar-refractivity contribution in [3.8, 4) is 0 Å². The van der Waals surface area contributed by atoms with Gasteiger partial charge in [0.2, 0.25) is 0 Å². The van der Waals surface area contributed by atoms with Crippen molar-refractivity contribution >= 4 is 0 Å². The van der Waals surface area contributed by atoms with E-state index in [1.807, 2.05) is 0 Å². The zero-order valence-electron chi connectivity index (χ0n) is 13.4. The summed E-state index contributed by atoms with van der Waals surface area (Å²) >= 11 is 0. The van der Waals surface area contributed by atoms with Crippen molar-refractivity contribution in [3.63, 3.8) is 0 Å². The average molecular weight is 254 g/mol. The van der Waals surface area contributed by atoms with E-state index >= 15 is 0 Å². The summed E-state index contributed by atoms with van der Waals surface area (Å²) in [6.45, 7) is 17.8. The molecule has 1 aliphatic heterocycles. The zero-order chi connectivity index (χ0) is 13.8. The second-order valence-corrected chi connectivity index (χ2v) is 7.39. The van der Waals surface area contributed by atoms with Gasteiger partial charge in [-0.25, -0.2) is 0 Å². The fraction of sp³-hybridized carbons (Fsp3) is 1.00. The molecule has 1 rings (SSSR count). The lowest BCUT2D eigenvalue weighted by Crippen LogP contribution is -2.44. The smallest absolute Gasteiger partial charge is 0.0220 e. The quantitative estimate of drug-likeness (QED) is 0.826. The van der Waals surface area contributed by atoms with Crippen LogP contribution in [0, 0.1) is 11.3 Å². The van der Waals surface area contributed by atoms with Crippen molar-refractivity contribution in [1.82, 2.24) is 10.2 Å². The van der Waals surface area contributed by atoms with Gasteiger partial charge >= 0.3 is 0 Å². The molecule has 2 heteroatoms. The molecule has 2 nitrogen and oxygen atoms in total. The molecule has 1 fully saturated rings. The fourth-order valence-corrected chi connectivity index (χ4v) is 2.61. The Morgan fingerprint density at radius 3 is 2.56 bits per heavy atom. The van der Waals surface area contributed by atoms with Crippen LogP contribution in [0.5, 0.6) is 0 Å². The molecule has 0 radical (unpaired) electrons. The number of nitrogens with zero attached hydrogens (tertiary/aromatic N) is 1. The Morgan fingerprint density at radius 2 is 2.00 bits per heavy atom. The summed E-state index contributed by atoms with van der Waals surface area (Å²) in [5.41, 5.74) is 0.450. The fourth-order valence-electron chi connectivity index (χ4n) is 2.61. The molecule has 0 saturated carbocycles. The molecule has 0 aromatic rings. The van der Waals surface area contributed by atoms with Crippen LogP contribution < -0.4 is 5.32 Å². The molecule has 1 aliphatic rings. The van der Waals surface area contributed by atoms with Crippen molar-refractivity contribution in [2.75, 3.05) is 19.6 Å². The molecule has 3 unspecified atom stereocenters. The summed E-state index contributed by atoms with van der Waals surface area (Å²) in [5.74, 6) is 0.785. The Kier molecular flexibility index (Phi) is 6.13. The van der Waals surface area contributed by atoms with Crippen LogP contribution in [0.4, 0.5) is 0 Å². The Bertz CT molecular complexity index is 232. The third-order valence-corrected chi connectivity index (χ3v) is 4.50. The van der Waals surface area contributed by atoms with E-state index in [1.165, 1.54) is 38.9 Å². The first-order valence-corrected chi connectivity index (χ1v) is 7.81. The van der Waals surface area contributed by atoms with Crippen molar-refractivity contribution in [3.05, 3.63) is 0 Å². The molecular weight excluding hydrogens is 220 g/mol. The number of rotatable bonds is 4. The maximum absolute atomic E-state index is 3.75. The Balaban J connectivity index is 2.56. The third-order valence-electron chi connectivity index (χ3n) is 4.50. The highest BCUT2D eigenvalue weighted by molar-refractivity contribution is 4.84. The van der Waals surface area contributed by atoms with E-state index in [0.29, 0.717) is 11.5 Å². The van der Waals surface area contributed by atoms with Gasteiger partial charge in [0, 0.05) is 18.6 Å². The molecule has 3 atom stereocenters. The molecule has 1 N–H and O–H groups in total. The van der Waals surface area contributed by atoms with Crippen LogP contribution >= 0.6 is 0 Å². The van der Waals surface area contributed by atoms with Gasteiger partial charge in [-0.1, -0.05) is 41.0 Å². The second kappa shape index (κ2) is 6.91. The van der Waals surface area contributed by atoms with E-state index in [9.17, 15) is 0 Å². The van der Waals surface area contributed by atoms with Gasteiger partial charge in [0.05, 0.1) is 0 Å². The predicted octanol–water partition coefficient (Wildman–Crippen LogP) is 3.52. The molecule has 18 heavy (non-hydrogen) atoms. The molecular formula is C16H34N2. The minimum absolute atomic E-state index is 0.450. The first-order chi connectivity index (χ1) is 8.33. The average Bonchev–Trinajstić information content (AvgIpc) is 2.47. The molecule has 0 amide bonds. The summed E-state index contributed by atoms with van der Waals surface area (Å²) in [5, 5.41) is 3.75. The third kappa shape index (κ3) is 5.27. The van der Waals surface area contributed by atoms with Gasteiger partial charge in [-0.2, -0.15) is 0 Å². The number of hydrogen-bond acceptors (Lipinski definition) is 2. The monoisotopic (exact) mass is 254 g/mol. The Hall–Kier alpha value is -0.0800. The lowest BCUT2D eigenvalue weighted by atomic mass is 9.91. The molecule has 1 heterocycles. The van der Waals surface area contributed by atoms with Gasteiger partial charge in [-0.15, -0.1) is 0 Å². The number of nitrogens with one attached hydrogen (secondary N) is 1. The maximum atomic E-state index is 3.75. The van der Waals surface area contributed by atoms with Crippen LogP contribution in [0.1, 0.15) is 60.8 Å². The van der Waals surface area contributed by atoms with E-state index in [-0.39, 0.29) is 0 Å². The SMILES string of the molecule is CCC(C)C1CN(CCC(C)(C)C)C(C)CCN1. The van der Waals surface area contributed by atoms with E-state index in [2.05, 4.69) is 51.8 Å². The van der Waals surface area contributed by atoms with Crippen molar-refractivity contribution in [1.29, 1.82) is 0 Å². The molecule has 0 aromatic carbocycles. The minimum Gasteiger partial charge on any atom is -0.312 e. The minimum atomic E-state index is 0.450. The van der Waals surface area contributed by atoms with Crippen molar-refractivity contribution in [2.24, 2.45) is 11.3 Å². The largest absolute Gasteiger partial charge is 0.312 e. The summed E-state index contributed by atoms with van der Waals surface area (Å²) < 4.78 is 0. The van der Waals surface area contributed by atoms with Gasteiger partial charge in [0.15, 0.2) is 0 Å². The van der Waals surface area contributed by atoms with E-state index in [4.69, 9.17) is 0 Å². The van der Waals surface area contributed by atoms with Crippen LogP contribution in [-0.4, -0.2) is 36.6 Å². The highest BCUT2D eigenvalue weighted by Crippen LogP contribution is 2.22. The van der Waals surface area contributed by atoms with Crippen LogP contribution in [-0.2, 0) is 0 Å². The standard InChI is InChI=1S/C16H34N2/c1-7-13(2)15-12-18(11-9-16(4,5)6)14(3)8-10-17-15/h13-15,17H,7-12H2,1-6H3. The summed E-state index contributed by atoms with van der Waals surface area (Å²) in [7, 11) is 0. The molecule has 108 valence electrons. The first-order valence-electron chi connectivity index (χ1n) is 7.81. The van der Waals surface area contributed by atoms with Gasteiger partial charge in [-0.05, 0) is 44.2 Å². The van der Waals surface area contributed by atoms with Crippen LogP contribution in [0.25, 0.3) is 0 Å². The van der Waals surface area contributed by atoms with Crippen LogP contribution in [0.2, 0.25) is 0 Å². The van der Waals surface area contributed by atoms with Crippen molar-refractivity contribution < 1.29 is 0 Å². The lowest BCUT2D eigenvalue weighted by molar-refractivity contribution is 0.164. The van der Waals surface area contributed by atoms with E-state index in [1.54, 1.807) is 0 Å². The zero-order valence-corrected chi connectivity index (χ0v) is 13.4.